The summed E-state index contributed by atoms with van der Waals surface area (Å²) >= 11 is 12.0. The Hall–Kier alpha value is -0.680. The molecule has 1 heterocycles. The number of piperidine rings is 1. The Balaban J connectivity index is 0.00000264. The fourth-order valence-corrected chi connectivity index (χ4v) is 2.92. The molecule has 0 aliphatic carbocycles. The van der Waals surface area contributed by atoms with Crippen LogP contribution in [0.5, 0.6) is 5.75 Å². The van der Waals surface area contributed by atoms with Crippen molar-refractivity contribution < 1.29 is 9.53 Å². The molecule has 2 rings (SSSR count). The summed E-state index contributed by atoms with van der Waals surface area (Å²) in [5, 5.41) is 7.34. The van der Waals surface area contributed by atoms with Gasteiger partial charge in [0.15, 0.2) is 0 Å². The van der Waals surface area contributed by atoms with Crippen molar-refractivity contribution in [2.24, 2.45) is 0 Å². The predicted octanol–water partition coefficient (Wildman–Crippen LogP) is 3.83. The van der Waals surface area contributed by atoms with Crippen molar-refractivity contribution in [2.75, 3.05) is 13.2 Å². The molecule has 2 atom stereocenters. The van der Waals surface area contributed by atoms with E-state index < -0.39 is 0 Å². The molecule has 1 fully saturated rings. The zero-order chi connectivity index (χ0) is 15.9. The smallest absolute Gasteiger partial charge is 0.220 e. The van der Waals surface area contributed by atoms with Crippen LogP contribution in [0.3, 0.4) is 0 Å². The van der Waals surface area contributed by atoms with Crippen LogP contribution in [0.1, 0.15) is 32.6 Å². The minimum Gasteiger partial charge on any atom is -0.492 e. The molecule has 2 unspecified atom stereocenters. The molecule has 4 nitrogen and oxygen atoms in total. The molecule has 1 saturated heterocycles. The standard InChI is InChI=1S/C16H22Cl2N2O2.ClH/c1-11-10-12(7-8-19-11)20-15(21)6-3-9-22-14-5-2-4-13(17)16(14)18;/h2,4-5,11-12,19H,3,6-10H2,1H3,(H,20,21);1H. The van der Waals surface area contributed by atoms with Crippen molar-refractivity contribution in [2.45, 2.75) is 44.7 Å². The number of halogens is 3. The summed E-state index contributed by atoms with van der Waals surface area (Å²) in [5.41, 5.74) is 0. The number of carbonyl (C=O) groups is 1. The van der Waals surface area contributed by atoms with Gasteiger partial charge in [-0.1, -0.05) is 29.3 Å². The van der Waals surface area contributed by atoms with Crippen LogP contribution in [0, 0.1) is 0 Å². The van der Waals surface area contributed by atoms with Gasteiger partial charge in [-0.3, -0.25) is 4.79 Å². The zero-order valence-electron chi connectivity index (χ0n) is 13.1. The number of ether oxygens (including phenoxy) is 1. The van der Waals surface area contributed by atoms with E-state index in [0.717, 1.165) is 19.4 Å². The summed E-state index contributed by atoms with van der Waals surface area (Å²) in [6.07, 6.45) is 3.08. The average Bonchev–Trinajstić information content (AvgIpc) is 2.48. The quantitative estimate of drug-likeness (QED) is 0.736. The van der Waals surface area contributed by atoms with Crippen LogP contribution in [0.15, 0.2) is 18.2 Å². The molecule has 7 heteroatoms. The van der Waals surface area contributed by atoms with Gasteiger partial charge in [0.2, 0.25) is 5.91 Å². The number of hydrogen-bond acceptors (Lipinski definition) is 3. The molecule has 1 aromatic rings. The lowest BCUT2D eigenvalue weighted by molar-refractivity contribution is -0.122. The minimum atomic E-state index is 0. The molecular formula is C16H23Cl3N2O2. The zero-order valence-corrected chi connectivity index (χ0v) is 15.4. The van der Waals surface area contributed by atoms with Gasteiger partial charge in [0.25, 0.3) is 0 Å². The largest absolute Gasteiger partial charge is 0.492 e. The van der Waals surface area contributed by atoms with E-state index in [1.165, 1.54) is 0 Å². The third-order valence-electron chi connectivity index (χ3n) is 3.71. The minimum absolute atomic E-state index is 0. The van der Waals surface area contributed by atoms with Crippen LogP contribution in [-0.2, 0) is 4.79 Å². The van der Waals surface area contributed by atoms with Crippen molar-refractivity contribution in [3.8, 4) is 5.75 Å². The van der Waals surface area contributed by atoms with Gasteiger partial charge in [-0.15, -0.1) is 12.4 Å². The molecule has 2 N–H and O–H groups in total. The molecule has 0 spiro atoms. The van der Waals surface area contributed by atoms with Crippen LogP contribution in [0.25, 0.3) is 0 Å². The number of rotatable bonds is 6. The Morgan fingerprint density at radius 3 is 2.96 bits per heavy atom. The molecular weight excluding hydrogens is 359 g/mol. The summed E-state index contributed by atoms with van der Waals surface area (Å²) in [5.74, 6) is 0.640. The average molecular weight is 382 g/mol. The molecule has 130 valence electrons. The number of nitrogens with one attached hydrogen (secondary N) is 2. The van der Waals surface area contributed by atoms with Gasteiger partial charge in [0, 0.05) is 18.5 Å². The maximum atomic E-state index is 11.9. The van der Waals surface area contributed by atoms with Crippen LogP contribution in [-0.4, -0.2) is 31.1 Å². The highest BCUT2D eigenvalue weighted by Gasteiger charge is 2.19. The molecule has 0 radical (unpaired) electrons. The van der Waals surface area contributed by atoms with E-state index in [9.17, 15) is 4.79 Å². The van der Waals surface area contributed by atoms with Gasteiger partial charge in [-0.05, 0) is 44.9 Å². The van der Waals surface area contributed by atoms with E-state index >= 15 is 0 Å². The van der Waals surface area contributed by atoms with Gasteiger partial charge in [-0.25, -0.2) is 0 Å². The maximum absolute atomic E-state index is 11.9. The van der Waals surface area contributed by atoms with Crippen LogP contribution >= 0.6 is 35.6 Å². The van der Waals surface area contributed by atoms with Gasteiger partial charge in [0.1, 0.15) is 10.8 Å². The monoisotopic (exact) mass is 380 g/mol. The molecule has 0 aromatic heterocycles. The summed E-state index contributed by atoms with van der Waals surface area (Å²) in [4.78, 5) is 11.9. The summed E-state index contributed by atoms with van der Waals surface area (Å²) < 4.78 is 5.57. The normalized spacial score (nSPS) is 20.5. The summed E-state index contributed by atoms with van der Waals surface area (Å²) in [6.45, 7) is 3.54. The third-order valence-corrected chi connectivity index (χ3v) is 4.51. The van der Waals surface area contributed by atoms with Gasteiger partial charge in [0.05, 0.1) is 11.6 Å². The molecule has 1 aromatic carbocycles. The van der Waals surface area contributed by atoms with E-state index in [0.29, 0.717) is 41.3 Å². The second-order valence-corrected chi connectivity index (χ2v) is 6.43. The van der Waals surface area contributed by atoms with Crippen molar-refractivity contribution in [3.05, 3.63) is 28.2 Å². The number of benzene rings is 1. The van der Waals surface area contributed by atoms with Crippen molar-refractivity contribution in [1.29, 1.82) is 0 Å². The number of carbonyl (C=O) groups excluding carboxylic acids is 1. The van der Waals surface area contributed by atoms with Crippen LogP contribution in [0.2, 0.25) is 10.0 Å². The Labute approximate surface area is 153 Å². The van der Waals surface area contributed by atoms with E-state index in [-0.39, 0.29) is 24.4 Å². The Morgan fingerprint density at radius 2 is 2.22 bits per heavy atom. The predicted molar refractivity (Wildman–Crippen MR) is 97.1 cm³/mol. The molecule has 1 aliphatic heterocycles. The van der Waals surface area contributed by atoms with E-state index in [4.69, 9.17) is 27.9 Å². The summed E-state index contributed by atoms with van der Waals surface area (Å²) in [7, 11) is 0. The first-order chi connectivity index (χ1) is 10.6. The lowest BCUT2D eigenvalue weighted by Crippen LogP contribution is -2.46. The molecule has 23 heavy (non-hydrogen) atoms. The van der Waals surface area contributed by atoms with Gasteiger partial charge >= 0.3 is 0 Å². The molecule has 1 amide bonds. The van der Waals surface area contributed by atoms with E-state index in [1.54, 1.807) is 18.2 Å². The Morgan fingerprint density at radius 1 is 1.43 bits per heavy atom. The van der Waals surface area contributed by atoms with Crippen LogP contribution in [0.4, 0.5) is 0 Å². The first-order valence-corrected chi connectivity index (χ1v) is 8.41. The molecule has 0 bridgehead atoms. The Bertz CT molecular complexity index is 514. The van der Waals surface area contributed by atoms with E-state index in [2.05, 4.69) is 17.6 Å². The lowest BCUT2D eigenvalue weighted by atomic mass is 10.0. The highest BCUT2D eigenvalue weighted by molar-refractivity contribution is 6.42. The number of hydrogen-bond donors (Lipinski definition) is 2. The fraction of sp³-hybridized carbons (Fsp3) is 0.562. The molecule has 0 saturated carbocycles. The fourth-order valence-electron chi connectivity index (χ4n) is 2.57. The first kappa shape index (κ1) is 20.4. The second-order valence-electron chi connectivity index (χ2n) is 5.65. The highest BCUT2D eigenvalue weighted by atomic mass is 35.5. The summed E-state index contributed by atoms with van der Waals surface area (Å²) in [6, 6.07) is 6.02. The van der Waals surface area contributed by atoms with Gasteiger partial charge < -0.3 is 15.4 Å². The van der Waals surface area contributed by atoms with Crippen molar-refractivity contribution in [1.82, 2.24) is 10.6 Å². The third kappa shape index (κ3) is 6.76. The van der Waals surface area contributed by atoms with Crippen LogP contribution < -0.4 is 15.4 Å². The lowest BCUT2D eigenvalue weighted by Gasteiger charge is -2.28. The topological polar surface area (TPSA) is 50.4 Å². The maximum Gasteiger partial charge on any atom is 0.220 e. The Kier molecular flexibility index (Phi) is 9.07. The van der Waals surface area contributed by atoms with Gasteiger partial charge in [-0.2, -0.15) is 0 Å². The van der Waals surface area contributed by atoms with E-state index in [1.807, 2.05) is 0 Å². The molecule has 1 aliphatic rings. The SMILES string of the molecule is CC1CC(NC(=O)CCCOc2cccc(Cl)c2Cl)CCN1.Cl. The highest BCUT2D eigenvalue weighted by Crippen LogP contribution is 2.31. The number of amides is 1. The van der Waals surface area contributed by atoms with Crippen molar-refractivity contribution >= 4 is 41.5 Å². The van der Waals surface area contributed by atoms with Crippen molar-refractivity contribution in [3.63, 3.8) is 0 Å². The second kappa shape index (κ2) is 10.2. The first-order valence-electron chi connectivity index (χ1n) is 7.66.